The number of carbonyl (C=O) groups is 2. The Bertz CT molecular complexity index is 1000. The number of para-hydroxylation sites is 1. The number of nitrogens with zero attached hydrogens (tertiary/aromatic N) is 2. The molecule has 0 spiro atoms. The predicted molar refractivity (Wildman–Crippen MR) is 110 cm³/mol. The summed E-state index contributed by atoms with van der Waals surface area (Å²) in [5.41, 5.74) is 2.44. The van der Waals surface area contributed by atoms with Gasteiger partial charge in [-0.05, 0) is 36.6 Å². The van der Waals surface area contributed by atoms with Crippen LogP contribution in [-0.4, -0.2) is 35.4 Å². The van der Waals surface area contributed by atoms with Gasteiger partial charge in [0.25, 0.3) is 0 Å². The number of hydrogen-bond acceptors (Lipinski definition) is 6. The summed E-state index contributed by atoms with van der Waals surface area (Å²) >= 11 is 4.71. The van der Waals surface area contributed by atoms with E-state index in [1.54, 1.807) is 28.0 Å². The van der Waals surface area contributed by atoms with Crippen LogP contribution in [-0.2, 0) is 9.59 Å². The minimum absolute atomic E-state index is 0.00714. The van der Waals surface area contributed by atoms with Crippen LogP contribution in [0.1, 0.15) is 0 Å². The van der Waals surface area contributed by atoms with E-state index >= 15 is 0 Å². The maximum atomic E-state index is 12.5. The Morgan fingerprint density at radius 2 is 2.15 bits per heavy atom. The van der Waals surface area contributed by atoms with Crippen molar-refractivity contribution in [2.24, 2.45) is 0 Å². The van der Waals surface area contributed by atoms with E-state index in [2.05, 4.69) is 10.3 Å². The van der Waals surface area contributed by atoms with Gasteiger partial charge in [-0.3, -0.25) is 9.59 Å². The van der Waals surface area contributed by atoms with Crippen molar-refractivity contribution < 1.29 is 9.59 Å². The number of benzene rings is 2. The minimum Gasteiger partial charge on any atom is -0.324 e. The number of anilines is 2. The van der Waals surface area contributed by atoms with Gasteiger partial charge in [0.15, 0.2) is 4.34 Å². The molecule has 1 aromatic heterocycles. The average Bonchev–Trinajstić information content (AvgIpc) is 3.06. The van der Waals surface area contributed by atoms with Crippen LogP contribution in [0, 0.1) is 0 Å². The van der Waals surface area contributed by atoms with Crippen molar-refractivity contribution in [3.05, 3.63) is 42.5 Å². The number of hydrogen-bond donors (Lipinski definition) is 1. The van der Waals surface area contributed by atoms with Crippen LogP contribution in [0.2, 0.25) is 0 Å². The van der Waals surface area contributed by atoms with Crippen molar-refractivity contribution in [2.45, 2.75) is 9.24 Å². The van der Waals surface area contributed by atoms with Gasteiger partial charge >= 0.3 is 0 Å². The molecule has 5 nitrogen and oxygen atoms in total. The molecule has 132 valence electrons. The molecule has 0 saturated heterocycles. The second-order valence-corrected chi connectivity index (χ2v) is 8.75. The number of thioether (sulfide) groups is 2. The molecule has 2 amide bonds. The molecular formula is C18H15N3O2S3. The lowest BCUT2D eigenvalue weighted by Crippen LogP contribution is -2.41. The highest BCUT2D eigenvalue weighted by molar-refractivity contribution is 8.00. The summed E-state index contributed by atoms with van der Waals surface area (Å²) in [4.78, 5) is 31.8. The molecule has 0 radical (unpaired) electrons. The standard InChI is InChI=1S/C18H15N3O2S3/c1-24-18-20-12-7-6-11(8-15(12)26-18)19-16(22)9-21-13-4-2-3-5-14(13)25-10-17(21)23/h2-8H,9-10H2,1H3,(H,19,22). The van der Waals surface area contributed by atoms with Crippen LogP contribution >= 0.6 is 34.9 Å². The first-order valence-electron chi connectivity index (χ1n) is 7.90. The van der Waals surface area contributed by atoms with Crippen LogP contribution in [0.15, 0.2) is 51.7 Å². The highest BCUT2D eigenvalue weighted by atomic mass is 32.2. The summed E-state index contributed by atoms with van der Waals surface area (Å²) in [6, 6.07) is 13.3. The number of nitrogens with one attached hydrogen (secondary N) is 1. The molecule has 1 aliphatic rings. The van der Waals surface area contributed by atoms with Crippen LogP contribution in [0.3, 0.4) is 0 Å². The molecule has 0 atom stereocenters. The second-order valence-electron chi connectivity index (χ2n) is 5.65. The molecule has 0 fully saturated rings. The summed E-state index contributed by atoms with van der Waals surface area (Å²) < 4.78 is 2.03. The number of carbonyl (C=O) groups excluding carboxylic acids is 2. The highest BCUT2D eigenvalue weighted by Crippen LogP contribution is 2.35. The second kappa shape index (κ2) is 7.30. The van der Waals surface area contributed by atoms with Crippen molar-refractivity contribution in [3.8, 4) is 0 Å². The fourth-order valence-electron chi connectivity index (χ4n) is 2.74. The monoisotopic (exact) mass is 401 g/mol. The van der Waals surface area contributed by atoms with Crippen LogP contribution < -0.4 is 10.2 Å². The van der Waals surface area contributed by atoms with E-state index in [-0.39, 0.29) is 18.4 Å². The lowest BCUT2D eigenvalue weighted by Gasteiger charge is -2.28. The number of thiazole rings is 1. The summed E-state index contributed by atoms with van der Waals surface area (Å²) in [5, 5.41) is 2.89. The third-order valence-corrected chi connectivity index (χ3v) is 6.99. The van der Waals surface area contributed by atoms with Crippen LogP contribution in [0.4, 0.5) is 11.4 Å². The topological polar surface area (TPSA) is 62.3 Å². The van der Waals surface area contributed by atoms with Crippen molar-refractivity contribution in [3.63, 3.8) is 0 Å². The van der Waals surface area contributed by atoms with Gasteiger partial charge in [-0.1, -0.05) is 23.9 Å². The minimum atomic E-state index is -0.214. The fraction of sp³-hybridized carbons (Fsp3) is 0.167. The Hall–Kier alpha value is -2.03. The Kier molecular flexibility index (Phi) is 4.88. The van der Waals surface area contributed by atoms with Crippen LogP contribution in [0.25, 0.3) is 10.2 Å². The average molecular weight is 402 g/mol. The normalized spacial score (nSPS) is 13.7. The third-order valence-electron chi connectivity index (χ3n) is 3.94. The predicted octanol–water partition coefficient (Wildman–Crippen LogP) is 4.10. The van der Waals surface area contributed by atoms with Crippen molar-refractivity contribution in [1.82, 2.24) is 4.98 Å². The smallest absolute Gasteiger partial charge is 0.244 e. The summed E-state index contributed by atoms with van der Waals surface area (Å²) in [7, 11) is 0. The largest absolute Gasteiger partial charge is 0.324 e. The Balaban J connectivity index is 1.51. The molecule has 0 aliphatic carbocycles. The zero-order valence-corrected chi connectivity index (χ0v) is 16.3. The Morgan fingerprint density at radius 1 is 1.31 bits per heavy atom. The Labute approximate surface area is 163 Å². The maximum Gasteiger partial charge on any atom is 0.244 e. The summed E-state index contributed by atoms with van der Waals surface area (Å²) in [5.74, 6) is 0.0922. The molecule has 3 aromatic rings. The molecule has 0 saturated carbocycles. The van der Waals surface area contributed by atoms with E-state index in [0.29, 0.717) is 11.4 Å². The quantitative estimate of drug-likeness (QED) is 0.667. The highest BCUT2D eigenvalue weighted by Gasteiger charge is 2.26. The number of fused-ring (bicyclic) bond motifs is 2. The van der Waals surface area contributed by atoms with E-state index in [4.69, 9.17) is 0 Å². The molecule has 0 bridgehead atoms. The van der Waals surface area contributed by atoms with Gasteiger partial charge in [-0.25, -0.2) is 4.98 Å². The van der Waals surface area contributed by atoms with Gasteiger partial charge in [-0.15, -0.1) is 23.1 Å². The van der Waals surface area contributed by atoms with Gasteiger partial charge in [0, 0.05) is 10.6 Å². The lowest BCUT2D eigenvalue weighted by molar-refractivity contribution is -0.120. The van der Waals surface area contributed by atoms with E-state index < -0.39 is 0 Å². The zero-order valence-electron chi connectivity index (χ0n) is 13.9. The molecule has 4 rings (SSSR count). The van der Waals surface area contributed by atoms with E-state index in [0.717, 1.165) is 25.1 Å². The molecule has 26 heavy (non-hydrogen) atoms. The first kappa shape index (κ1) is 17.4. The first-order chi connectivity index (χ1) is 12.6. The molecule has 0 unspecified atom stereocenters. The third kappa shape index (κ3) is 3.44. The number of rotatable bonds is 4. The van der Waals surface area contributed by atoms with Gasteiger partial charge < -0.3 is 10.2 Å². The summed E-state index contributed by atoms with van der Waals surface area (Å²) in [6.45, 7) is 0.00714. The maximum absolute atomic E-state index is 12.5. The molecular weight excluding hydrogens is 386 g/mol. The summed E-state index contributed by atoms with van der Waals surface area (Å²) in [6.07, 6.45) is 1.99. The number of amides is 2. The number of aromatic nitrogens is 1. The molecule has 8 heteroatoms. The Morgan fingerprint density at radius 3 is 3.00 bits per heavy atom. The SMILES string of the molecule is CSc1nc2ccc(NC(=O)CN3C(=O)CSc4ccccc43)cc2s1. The molecule has 1 N–H and O–H groups in total. The zero-order chi connectivity index (χ0) is 18.1. The molecule has 2 aromatic carbocycles. The van der Waals surface area contributed by atoms with E-state index in [1.165, 1.54) is 11.8 Å². The lowest BCUT2D eigenvalue weighted by atomic mass is 10.2. The fourth-order valence-corrected chi connectivity index (χ4v) is 5.20. The van der Waals surface area contributed by atoms with Crippen molar-refractivity contribution in [1.29, 1.82) is 0 Å². The van der Waals surface area contributed by atoms with Gasteiger partial charge in [0.1, 0.15) is 6.54 Å². The van der Waals surface area contributed by atoms with Gasteiger partial charge in [0.2, 0.25) is 11.8 Å². The molecule has 1 aliphatic heterocycles. The van der Waals surface area contributed by atoms with Crippen molar-refractivity contribution >= 4 is 68.3 Å². The van der Waals surface area contributed by atoms with Crippen molar-refractivity contribution in [2.75, 3.05) is 28.8 Å². The van der Waals surface area contributed by atoms with E-state index in [1.807, 2.05) is 48.7 Å². The first-order valence-corrected chi connectivity index (χ1v) is 10.9. The van der Waals surface area contributed by atoms with Crippen LogP contribution in [0.5, 0.6) is 0 Å². The molecule has 2 heterocycles. The van der Waals surface area contributed by atoms with E-state index in [9.17, 15) is 9.59 Å². The van der Waals surface area contributed by atoms with Gasteiger partial charge in [0.05, 0.1) is 21.7 Å². The van der Waals surface area contributed by atoms with Gasteiger partial charge in [-0.2, -0.15) is 0 Å².